The van der Waals surface area contributed by atoms with E-state index < -0.39 is 0 Å². The highest BCUT2D eigenvalue weighted by atomic mass is 16.3. The van der Waals surface area contributed by atoms with Crippen LogP contribution in [0.25, 0.3) is 22.6 Å². The normalized spacial score (nSPS) is 11.0. The van der Waals surface area contributed by atoms with Crippen LogP contribution >= 0.6 is 0 Å². The third-order valence-corrected chi connectivity index (χ3v) is 3.34. The van der Waals surface area contributed by atoms with E-state index in [-0.39, 0.29) is 18.2 Å². The number of rotatable bonds is 4. The topological polar surface area (TPSA) is 97.0 Å². The Labute approximate surface area is 130 Å². The van der Waals surface area contributed by atoms with Crippen molar-refractivity contribution in [2.75, 3.05) is 0 Å². The number of furan rings is 2. The van der Waals surface area contributed by atoms with E-state index in [1.165, 1.54) is 0 Å². The number of hydrogen-bond donors (Lipinski definition) is 2. The van der Waals surface area contributed by atoms with Gasteiger partial charge >= 0.3 is 0 Å². The minimum Gasteiger partial charge on any atom is -0.461 e. The van der Waals surface area contributed by atoms with Crippen molar-refractivity contribution < 1.29 is 13.6 Å². The molecule has 0 fully saturated rings. The standard InChI is InChI=1S/C16H12N4O3/c21-16(13-8-10-4-1-2-5-11(10)23-13)17-9-14-18-15(20-19-14)12-6-3-7-22-12/h1-8H,9H2,(H,17,21)(H,18,19,20). The fourth-order valence-electron chi connectivity index (χ4n) is 2.24. The quantitative estimate of drug-likeness (QED) is 0.604. The molecule has 7 nitrogen and oxygen atoms in total. The molecule has 23 heavy (non-hydrogen) atoms. The largest absolute Gasteiger partial charge is 0.461 e. The number of amides is 1. The predicted molar refractivity (Wildman–Crippen MR) is 81.5 cm³/mol. The van der Waals surface area contributed by atoms with Crippen molar-refractivity contribution >= 4 is 16.9 Å². The molecule has 7 heteroatoms. The maximum Gasteiger partial charge on any atom is 0.287 e. The Morgan fingerprint density at radius 3 is 2.96 bits per heavy atom. The van der Waals surface area contributed by atoms with Crippen LogP contribution in [0.2, 0.25) is 0 Å². The molecule has 3 aromatic heterocycles. The first-order valence-corrected chi connectivity index (χ1v) is 7.01. The van der Waals surface area contributed by atoms with Gasteiger partial charge < -0.3 is 14.2 Å². The molecule has 0 aliphatic carbocycles. The SMILES string of the molecule is O=C(NCc1nc(-c2ccco2)n[nH]1)c1cc2ccccc2o1. The molecule has 0 atom stereocenters. The average Bonchev–Trinajstić information content (AvgIpc) is 3.31. The minimum atomic E-state index is -0.308. The number of H-pyrrole nitrogens is 1. The molecule has 0 radical (unpaired) electrons. The number of nitrogens with one attached hydrogen (secondary N) is 2. The van der Waals surface area contributed by atoms with E-state index in [1.807, 2.05) is 24.3 Å². The first kappa shape index (κ1) is 13.3. The number of benzene rings is 1. The summed E-state index contributed by atoms with van der Waals surface area (Å²) >= 11 is 0. The second kappa shape index (κ2) is 5.45. The predicted octanol–water partition coefficient (Wildman–Crippen LogP) is 2.74. The van der Waals surface area contributed by atoms with Crippen molar-refractivity contribution in [1.82, 2.24) is 20.5 Å². The number of carbonyl (C=O) groups excluding carboxylic acids is 1. The van der Waals surface area contributed by atoms with Gasteiger partial charge in [-0.25, -0.2) is 4.98 Å². The summed E-state index contributed by atoms with van der Waals surface area (Å²) in [6.45, 7) is 0.212. The highest BCUT2D eigenvalue weighted by molar-refractivity contribution is 5.95. The fourth-order valence-corrected chi connectivity index (χ4v) is 2.24. The molecule has 114 valence electrons. The van der Waals surface area contributed by atoms with Crippen LogP contribution in [0.15, 0.2) is 57.6 Å². The number of aromatic amines is 1. The summed E-state index contributed by atoms with van der Waals surface area (Å²) in [5.41, 5.74) is 0.678. The lowest BCUT2D eigenvalue weighted by molar-refractivity contribution is 0.0924. The highest BCUT2D eigenvalue weighted by Gasteiger charge is 2.13. The molecule has 0 unspecified atom stereocenters. The van der Waals surface area contributed by atoms with Crippen molar-refractivity contribution in [3.05, 3.63) is 60.3 Å². The monoisotopic (exact) mass is 308 g/mol. The van der Waals surface area contributed by atoms with Gasteiger partial charge in [0.25, 0.3) is 5.91 Å². The number of aromatic nitrogens is 3. The molecule has 0 aliphatic rings. The first-order valence-electron chi connectivity index (χ1n) is 7.01. The van der Waals surface area contributed by atoms with Crippen LogP contribution in [0.1, 0.15) is 16.4 Å². The molecule has 1 aromatic carbocycles. The lowest BCUT2D eigenvalue weighted by Crippen LogP contribution is -2.22. The summed E-state index contributed by atoms with van der Waals surface area (Å²) < 4.78 is 10.7. The molecule has 4 rings (SSSR count). The molecular weight excluding hydrogens is 296 g/mol. The Hall–Kier alpha value is -3.35. The Balaban J connectivity index is 1.45. The van der Waals surface area contributed by atoms with Gasteiger partial charge in [0.15, 0.2) is 11.5 Å². The summed E-state index contributed by atoms with van der Waals surface area (Å²) in [7, 11) is 0. The Morgan fingerprint density at radius 2 is 2.13 bits per heavy atom. The van der Waals surface area contributed by atoms with Gasteiger partial charge in [0, 0.05) is 5.39 Å². The Morgan fingerprint density at radius 1 is 1.22 bits per heavy atom. The van der Waals surface area contributed by atoms with Crippen LogP contribution in [0.4, 0.5) is 0 Å². The fraction of sp³-hybridized carbons (Fsp3) is 0.0625. The van der Waals surface area contributed by atoms with Crippen LogP contribution in [0.5, 0.6) is 0 Å². The van der Waals surface area contributed by atoms with Gasteiger partial charge in [-0.2, -0.15) is 0 Å². The number of para-hydroxylation sites is 1. The van der Waals surface area contributed by atoms with Gasteiger partial charge in [-0.15, -0.1) is 5.10 Å². The second-order valence-electron chi connectivity index (χ2n) is 4.91. The number of carbonyl (C=O) groups is 1. The molecule has 0 saturated heterocycles. The highest BCUT2D eigenvalue weighted by Crippen LogP contribution is 2.18. The zero-order valence-electron chi connectivity index (χ0n) is 11.9. The summed E-state index contributed by atoms with van der Waals surface area (Å²) in [6.07, 6.45) is 1.55. The molecule has 2 N–H and O–H groups in total. The summed E-state index contributed by atoms with van der Waals surface area (Å²) in [5.74, 6) is 1.49. The minimum absolute atomic E-state index is 0.212. The summed E-state index contributed by atoms with van der Waals surface area (Å²) in [6, 6.07) is 12.7. The molecule has 3 heterocycles. The van der Waals surface area contributed by atoms with Crippen molar-refractivity contribution in [1.29, 1.82) is 0 Å². The van der Waals surface area contributed by atoms with Gasteiger partial charge in [-0.05, 0) is 24.3 Å². The van der Waals surface area contributed by atoms with E-state index in [2.05, 4.69) is 20.5 Å². The lowest BCUT2D eigenvalue weighted by Gasteiger charge is -1.99. The van der Waals surface area contributed by atoms with Crippen molar-refractivity contribution in [2.24, 2.45) is 0 Å². The van der Waals surface area contributed by atoms with Gasteiger partial charge in [-0.1, -0.05) is 18.2 Å². The van der Waals surface area contributed by atoms with Crippen LogP contribution in [-0.2, 0) is 6.54 Å². The zero-order valence-corrected chi connectivity index (χ0v) is 11.9. The van der Waals surface area contributed by atoms with Crippen LogP contribution in [0.3, 0.4) is 0 Å². The summed E-state index contributed by atoms with van der Waals surface area (Å²) in [5, 5.41) is 10.4. The van der Waals surface area contributed by atoms with Crippen LogP contribution in [0, 0.1) is 0 Å². The zero-order chi connectivity index (χ0) is 15.6. The molecule has 0 saturated carbocycles. The van der Waals surface area contributed by atoms with Crippen molar-refractivity contribution in [3.8, 4) is 11.6 Å². The Kier molecular flexibility index (Phi) is 3.16. The number of nitrogens with zero attached hydrogens (tertiary/aromatic N) is 2. The van der Waals surface area contributed by atoms with Gasteiger partial charge in [0.2, 0.25) is 5.82 Å². The number of fused-ring (bicyclic) bond motifs is 1. The van der Waals surface area contributed by atoms with Crippen LogP contribution < -0.4 is 5.32 Å². The maximum absolute atomic E-state index is 12.1. The lowest BCUT2D eigenvalue weighted by atomic mass is 10.2. The molecule has 0 spiro atoms. The average molecular weight is 308 g/mol. The van der Waals surface area contributed by atoms with E-state index in [4.69, 9.17) is 8.83 Å². The van der Waals surface area contributed by atoms with Gasteiger partial charge in [-0.3, -0.25) is 9.89 Å². The van der Waals surface area contributed by atoms with E-state index in [0.29, 0.717) is 23.0 Å². The molecule has 4 aromatic rings. The Bertz CT molecular complexity index is 920. The van der Waals surface area contributed by atoms with Gasteiger partial charge in [0.05, 0.1) is 12.8 Å². The van der Waals surface area contributed by atoms with E-state index in [0.717, 1.165) is 5.39 Å². The first-order chi connectivity index (χ1) is 11.3. The van der Waals surface area contributed by atoms with Crippen LogP contribution in [-0.4, -0.2) is 21.1 Å². The van der Waals surface area contributed by atoms with E-state index in [1.54, 1.807) is 24.5 Å². The molecule has 0 aliphatic heterocycles. The summed E-state index contributed by atoms with van der Waals surface area (Å²) in [4.78, 5) is 16.4. The van der Waals surface area contributed by atoms with Gasteiger partial charge in [0.1, 0.15) is 11.4 Å². The van der Waals surface area contributed by atoms with Crippen molar-refractivity contribution in [2.45, 2.75) is 6.54 Å². The van der Waals surface area contributed by atoms with E-state index in [9.17, 15) is 4.79 Å². The molecular formula is C16H12N4O3. The molecule has 0 bridgehead atoms. The van der Waals surface area contributed by atoms with Crippen molar-refractivity contribution in [3.63, 3.8) is 0 Å². The second-order valence-corrected chi connectivity index (χ2v) is 4.91. The third-order valence-electron chi connectivity index (χ3n) is 3.34. The molecule has 1 amide bonds. The smallest absolute Gasteiger partial charge is 0.287 e. The maximum atomic E-state index is 12.1. The van der Waals surface area contributed by atoms with E-state index >= 15 is 0 Å². The third kappa shape index (κ3) is 2.59. The number of hydrogen-bond acceptors (Lipinski definition) is 5.